The number of nitrogens with two attached hydrogens (primary N) is 1. The van der Waals surface area contributed by atoms with Gasteiger partial charge in [-0.15, -0.1) is 0 Å². The first-order chi connectivity index (χ1) is 8.74. The molecule has 0 saturated heterocycles. The lowest BCUT2D eigenvalue weighted by Crippen LogP contribution is -2.47. The van der Waals surface area contributed by atoms with Gasteiger partial charge in [0.15, 0.2) is 0 Å². The maximum absolute atomic E-state index is 12.5. The van der Waals surface area contributed by atoms with Crippen LogP contribution in [0.1, 0.15) is 40.5 Å². The summed E-state index contributed by atoms with van der Waals surface area (Å²) in [5.41, 5.74) is 10.0. The average molecular weight is 267 g/mol. The zero-order valence-corrected chi connectivity index (χ0v) is 12.2. The second-order valence-electron chi connectivity index (χ2n) is 6.16. The van der Waals surface area contributed by atoms with Crippen LogP contribution < -0.4 is 16.6 Å². The summed E-state index contributed by atoms with van der Waals surface area (Å²) in [4.78, 5) is 23.1. The number of allylic oxidation sites excluding steroid dienone is 2. The van der Waals surface area contributed by atoms with Crippen molar-refractivity contribution in [3.05, 3.63) is 12.2 Å². The third-order valence-corrected chi connectivity index (χ3v) is 3.75. The number of amides is 2. The molecule has 0 saturated carbocycles. The molecule has 5 nitrogen and oxygen atoms in total. The van der Waals surface area contributed by atoms with Gasteiger partial charge in [0.1, 0.15) is 5.78 Å². The number of hydrogen-bond acceptors (Lipinski definition) is 3. The molecule has 1 aliphatic rings. The smallest absolute Gasteiger partial charge is 0.326 e. The third kappa shape index (κ3) is 4.35. The highest BCUT2D eigenvalue weighted by Gasteiger charge is 2.39. The van der Waals surface area contributed by atoms with Crippen LogP contribution in [0.25, 0.3) is 0 Å². The van der Waals surface area contributed by atoms with Crippen molar-refractivity contribution in [2.24, 2.45) is 23.0 Å². The Balaban J connectivity index is 2.61. The first kappa shape index (κ1) is 15.7. The van der Waals surface area contributed by atoms with E-state index in [9.17, 15) is 9.59 Å². The van der Waals surface area contributed by atoms with Crippen LogP contribution in [0.2, 0.25) is 0 Å². The highest BCUT2D eigenvalue weighted by molar-refractivity contribution is 5.83. The molecule has 0 bridgehead atoms. The Morgan fingerprint density at radius 3 is 2.63 bits per heavy atom. The van der Waals surface area contributed by atoms with E-state index in [0.717, 1.165) is 6.42 Å². The normalized spacial score (nSPS) is 26.7. The molecular formula is C14H25N3O2. The van der Waals surface area contributed by atoms with E-state index >= 15 is 0 Å². The van der Waals surface area contributed by atoms with E-state index in [-0.39, 0.29) is 29.1 Å². The lowest BCUT2D eigenvalue weighted by molar-refractivity contribution is -0.128. The Labute approximate surface area is 115 Å². The summed E-state index contributed by atoms with van der Waals surface area (Å²) in [6.45, 7) is 8.20. The standard InChI is InChI=1S/C14H25N3O2/c1-9-6-5-7-14(3,4)12(9)11(18)8-10(2)16-17-13(15)19/h5-6,9-10,12,16H,7-8H2,1-4H3,(H3,15,17,19)/t9-,10-,12+/m1/s1. The Morgan fingerprint density at radius 1 is 1.47 bits per heavy atom. The Bertz CT molecular complexity index is 377. The number of nitrogens with one attached hydrogen (secondary N) is 2. The van der Waals surface area contributed by atoms with Crippen molar-refractivity contribution >= 4 is 11.8 Å². The number of hydrogen-bond donors (Lipinski definition) is 3. The van der Waals surface area contributed by atoms with Crippen molar-refractivity contribution < 1.29 is 9.59 Å². The van der Waals surface area contributed by atoms with E-state index < -0.39 is 6.03 Å². The molecule has 0 fully saturated rings. The van der Waals surface area contributed by atoms with Crippen molar-refractivity contribution in [1.29, 1.82) is 0 Å². The second kappa shape index (κ2) is 6.19. The van der Waals surface area contributed by atoms with Crippen LogP contribution in [0.3, 0.4) is 0 Å². The maximum Gasteiger partial charge on any atom is 0.326 e. The molecule has 2 amide bonds. The zero-order chi connectivity index (χ0) is 14.6. The first-order valence-corrected chi connectivity index (χ1v) is 6.74. The molecule has 0 spiro atoms. The van der Waals surface area contributed by atoms with Crippen LogP contribution in [-0.2, 0) is 4.79 Å². The number of urea groups is 1. The van der Waals surface area contributed by atoms with E-state index in [1.165, 1.54) is 0 Å². The molecule has 0 radical (unpaired) electrons. The minimum Gasteiger partial charge on any atom is -0.351 e. The lowest BCUT2D eigenvalue weighted by atomic mass is 9.65. The van der Waals surface area contributed by atoms with Crippen molar-refractivity contribution in [2.75, 3.05) is 0 Å². The van der Waals surface area contributed by atoms with Crippen molar-refractivity contribution in [3.8, 4) is 0 Å². The van der Waals surface area contributed by atoms with Gasteiger partial charge in [0.25, 0.3) is 0 Å². The van der Waals surface area contributed by atoms with Gasteiger partial charge in [0.05, 0.1) is 0 Å². The molecule has 0 aromatic heterocycles. The Morgan fingerprint density at radius 2 is 2.11 bits per heavy atom. The monoisotopic (exact) mass is 267 g/mol. The van der Waals surface area contributed by atoms with E-state index in [1.807, 2.05) is 6.92 Å². The number of hydrazine groups is 1. The van der Waals surface area contributed by atoms with Crippen LogP contribution in [0, 0.1) is 17.3 Å². The van der Waals surface area contributed by atoms with E-state index in [1.54, 1.807) is 0 Å². The van der Waals surface area contributed by atoms with Gasteiger partial charge in [-0.25, -0.2) is 10.2 Å². The number of carbonyl (C=O) groups excluding carboxylic acids is 2. The summed E-state index contributed by atoms with van der Waals surface area (Å²) in [5, 5.41) is 0. The molecule has 1 rings (SSSR count). The number of Topliss-reactive ketones (excluding diaryl/α,β-unsaturated/α-hetero) is 1. The number of rotatable bonds is 5. The van der Waals surface area contributed by atoms with Crippen molar-refractivity contribution in [1.82, 2.24) is 10.9 Å². The summed E-state index contributed by atoms with van der Waals surface area (Å²) in [7, 11) is 0. The van der Waals surface area contributed by atoms with Gasteiger partial charge in [0, 0.05) is 18.4 Å². The Hall–Kier alpha value is -1.36. The minimum absolute atomic E-state index is 0.0118. The molecule has 0 unspecified atom stereocenters. The van der Waals surface area contributed by atoms with Crippen molar-refractivity contribution in [2.45, 2.75) is 46.6 Å². The molecule has 4 N–H and O–H groups in total. The molecule has 0 aliphatic heterocycles. The quantitative estimate of drug-likeness (QED) is 0.524. The number of carbonyl (C=O) groups is 2. The topological polar surface area (TPSA) is 84.2 Å². The molecule has 108 valence electrons. The molecule has 0 aromatic carbocycles. The van der Waals surface area contributed by atoms with Gasteiger partial charge < -0.3 is 5.73 Å². The van der Waals surface area contributed by atoms with Gasteiger partial charge in [0.2, 0.25) is 0 Å². The molecular weight excluding hydrogens is 242 g/mol. The molecule has 5 heteroatoms. The number of primary amides is 1. The Kier molecular flexibility index (Phi) is 5.11. The van der Waals surface area contributed by atoms with E-state index in [0.29, 0.717) is 6.42 Å². The van der Waals surface area contributed by atoms with Gasteiger partial charge in [-0.1, -0.05) is 32.9 Å². The molecule has 0 aromatic rings. The van der Waals surface area contributed by atoms with Crippen LogP contribution in [0.4, 0.5) is 4.79 Å². The number of ketones is 1. The van der Waals surface area contributed by atoms with Gasteiger partial charge in [-0.2, -0.15) is 0 Å². The van der Waals surface area contributed by atoms with Gasteiger partial charge in [-0.3, -0.25) is 10.2 Å². The third-order valence-electron chi connectivity index (χ3n) is 3.75. The maximum atomic E-state index is 12.5. The van der Waals surface area contributed by atoms with Crippen LogP contribution in [0.5, 0.6) is 0 Å². The summed E-state index contributed by atoms with van der Waals surface area (Å²) in [5.74, 6) is 0.510. The zero-order valence-electron chi connectivity index (χ0n) is 12.2. The van der Waals surface area contributed by atoms with E-state index in [2.05, 4.69) is 43.8 Å². The van der Waals surface area contributed by atoms with Crippen LogP contribution in [0.15, 0.2) is 12.2 Å². The highest BCUT2D eigenvalue weighted by atomic mass is 16.2. The van der Waals surface area contributed by atoms with Gasteiger partial charge in [-0.05, 0) is 24.7 Å². The molecule has 0 heterocycles. The lowest BCUT2D eigenvalue weighted by Gasteiger charge is -2.39. The van der Waals surface area contributed by atoms with Gasteiger partial charge >= 0.3 is 6.03 Å². The summed E-state index contributed by atoms with van der Waals surface area (Å²) >= 11 is 0. The summed E-state index contributed by atoms with van der Waals surface area (Å²) in [6.07, 6.45) is 5.58. The summed E-state index contributed by atoms with van der Waals surface area (Å²) in [6, 6.07) is -0.775. The average Bonchev–Trinajstić information content (AvgIpc) is 2.24. The predicted octanol–water partition coefficient (Wildman–Crippen LogP) is 1.75. The predicted molar refractivity (Wildman–Crippen MR) is 75.1 cm³/mol. The second-order valence-corrected chi connectivity index (χ2v) is 6.16. The molecule has 1 aliphatic carbocycles. The van der Waals surface area contributed by atoms with Crippen molar-refractivity contribution in [3.63, 3.8) is 0 Å². The van der Waals surface area contributed by atoms with Crippen LogP contribution >= 0.6 is 0 Å². The molecule has 19 heavy (non-hydrogen) atoms. The largest absolute Gasteiger partial charge is 0.351 e. The highest BCUT2D eigenvalue weighted by Crippen LogP contribution is 2.41. The van der Waals surface area contributed by atoms with Crippen LogP contribution in [-0.4, -0.2) is 17.9 Å². The fraction of sp³-hybridized carbons (Fsp3) is 0.714. The SMILES string of the molecule is C[C@H](CC(=O)[C@@H]1[C@H](C)C=CCC1(C)C)NNC(N)=O. The minimum atomic E-state index is -0.645. The molecule has 3 atom stereocenters. The summed E-state index contributed by atoms with van der Waals surface area (Å²) < 4.78 is 0. The van der Waals surface area contributed by atoms with E-state index in [4.69, 9.17) is 5.73 Å². The fourth-order valence-electron chi connectivity index (χ4n) is 2.94. The fourth-order valence-corrected chi connectivity index (χ4v) is 2.94. The first-order valence-electron chi connectivity index (χ1n) is 6.74.